The second-order valence-electron chi connectivity index (χ2n) is 5.43. The first kappa shape index (κ1) is 13.5. The third-order valence-corrected chi connectivity index (χ3v) is 3.54. The van der Waals surface area contributed by atoms with Gasteiger partial charge in [-0.15, -0.1) is 0 Å². The zero-order valence-electron chi connectivity index (χ0n) is 12.5. The van der Waals surface area contributed by atoms with E-state index in [0.29, 0.717) is 0 Å². The van der Waals surface area contributed by atoms with Crippen LogP contribution in [0, 0.1) is 13.8 Å². The summed E-state index contributed by atoms with van der Waals surface area (Å²) in [5.41, 5.74) is 5.88. The molecule has 3 aromatic rings. The van der Waals surface area contributed by atoms with Crippen LogP contribution in [0.15, 0.2) is 67.0 Å². The molecule has 0 N–H and O–H groups in total. The molecule has 0 radical (unpaired) electrons. The summed E-state index contributed by atoms with van der Waals surface area (Å²) in [7, 11) is 0. The summed E-state index contributed by atoms with van der Waals surface area (Å²) in [6.07, 6.45) is 4.10. The van der Waals surface area contributed by atoms with Gasteiger partial charge in [-0.3, -0.25) is 0 Å². The zero-order chi connectivity index (χ0) is 14.7. The van der Waals surface area contributed by atoms with E-state index in [1.54, 1.807) is 0 Å². The second kappa shape index (κ2) is 5.88. The predicted octanol–water partition coefficient (Wildman–Crippen LogP) is 3.70. The molecule has 0 unspecified atom stereocenters. The molecular weight excluding hydrogens is 256 g/mol. The monoisotopic (exact) mass is 275 g/mol. The number of rotatable bonds is 3. The summed E-state index contributed by atoms with van der Waals surface area (Å²) >= 11 is 0. The average molecular weight is 275 g/mol. The molecule has 2 aromatic heterocycles. The van der Waals surface area contributed by atoms with Gasteiger partial charge in [0.15, 0.2) is 12.7 Å². The maximum absolute atomic E-state index is 4.56. The number of hydrogen-bond donors (Lipinski definition) is 0. The van der Waals surface area contributed by atoms with Gasteiger partial charge in [0.1, 0.15) is 5.69 Å². The van der Waals surface area contributed by atoms with Crippen molar-refractivity contribution in [2.75, 3.05) is 0 Å². The smallest absolute Gasteiger partial charge is 0.231 e. The summed E-state index contributed by atoms with van der Waals surface area (Å²) < 4.78 is 2.27. The average Bonchev–Trinajstić information content (AvgIpc) is 2.50. The van der Waals surface area contributed by atoms with E-state index < -0.39 is 0 Å². The van der Waals surface area contributed by atoms with Gasteiger partial charge in [0.05, 0.1) is 0 Å². The molecule has 2 nitrogen and oxygen atoms in total. The molecule has 0 saturated carbocycles. The summed E-state index contributed by atoms with van der Waals surface area (Å²) in [4.78, 5) is 4.56. The van der Waals surface area contributed by atoms with Gasteiger partial charge < -0.3 is 0 Å². The van der Waals surface area contributed by atoms with Gasteiger partial charge in [-0.05, 0) is 31.5 Å². The molecule has 0 aliphatic heterocycles. The Bertz CT molecular complexity index is 731. The number of nitrogens with zero attached hydrogens (tertiary/aromatic N) is 2. The lowest BCUT2D eigenvalue weighted by atomic mass is 10.1. The van der Waals surface area contributed by atoms with Crippen LogP contribution in [0.5, 0.6) is 0 Å². The summed E-state index contributed by atoms with van der Waals surface area (Å²) in [5.74, 6) is 0. The van der Waals surface area contributed by atoms with E-state index in [1.807, 2.05) is 12.3 Å². The SMILES string of the molecule is Cc1ccc(-c2ccc(C)c[n+]2Cc2ccccc2)nc1. The molecule has 0 aliphatic rings. The lowest BCUT2D eigenvalue weighted by molar-refractivity contribution is -0.678. The Labute approximate surface area is 125 Å². The highest BCUT2D eigenvalue weighted by Gasteiger charge is 2.14. The molecule has 0 aliphatic carbocycles. The first-order valence-corrected chi connectivity index (χ1v) is 7.19. The van der Waals surface area contributed by atoms with E-state index in [9.17, 15) is 0 Å². The van der Waals surface area contributed by atoms with Crippen LogP contribution in [0.25, 0.3) is 11.4 Å². The molecule has 3 rings (SSSR count). The van der Waals surface area contributed by atoms with Gasteiger partial charge >= 0.3 is 0 Å². The third-order valence-electron chi connectivity index (χ3n) is 3.54. The van der Waals surface area contributed by atoms with E-state index in [-0.39, 0.29) is 0 Å². The van der Waals surface area contributed by atoms with Gasteiger partial charge in [0.2, 0.25) is 5.69 Å². The third kappa shape index (κ3) is 3.16. The summed E-state index contributed by atoms with van der Waals surface area (Å²) in [6.45, 7) is 5.03. The molecule has 2 heteroatoms. The van der Waals surface area contributed by atoms with Crippen molar-refractivity contribution < 1.29 is 4.57 Å². The van der Waals surface area contributed by atoms with Crippen LogP contribution in [0.2, 0.25) is 0 Å². The molecule has 1 aromatic carbocycles. The van der Waals surface area contributed by atoms with E-state index in [2.05, 4.69) is 78.1 Å². The summed E-state index contributed by atoms with van der Waals surface area (Å²) in [5, 5.41) is 0. The Morgan fingerprint density at radius 3 is 2.33 bits per heavy atom. The largest absolute Gasteiger partial charge is 0.250 e. The fourth-order valence-electron chi connectivity index (χ4n) is 2.43. The minimum Gasteiger partial charge on any atom is -0.250 e. The summed E-state index contributed by atoms with van der Waals surface area (Å²) in [6, 6.07) is 19.0. The van der Waals surface area contributed by atoms with E-state index >= 15 is 0 Å². The molecule has 2 heterocycles. The van der Waals surface area contributed by atoms with E-state index in [0.717, 1.165) is 17.9 Å². The quantitative estimate of drug-likeness (QED) is 0.666. The first-order valence-electron chi connectivity index (χ1n) is 7.19. The zero-order valence-corrected chi connectivity index (χ0v) is 12.5. The Morgan fingerprint density at radius 1 is 0.857 bits per heavy atom. The minimum atomic E-state index is 0.855. The maximum Gasteiger partial charge on any atom is 0.231 e. The fourth-order valence-corrected chi connectivity index (χ4v) is 2.43. The van der Waals surface area contributed by atoms with Crippen molar-refractivity contribution in [3.8, 4) is 11.4 Å². The van der Waals surface area contributed by atoms with Crippen LogP contribution >= 0.6 is 0 Å². The fraction of sp³-hybridized carbons (Fsp3) is 0.158. The first-order chi connectivity index (χ1) is 10.2. The highest BCUT2D eigenvalue weighted by Crippen LogP contribution is 2.14. The predicted molar refractivity (Wildman–Crippen MR) is 84.9 cm³/mol. The number of pyridine rings is 2. The maximum atomic E-state index is 4.56. The lowest BCUT2D eigenvalue weighted by Crippen LogP contribution is -2.37. The van der Waals surface area contributed by atoms with Crippen LogP contribution in [0.3, 0.4) is 0 Å². The van der Waals surface area contributed by atoms with Gasteiger partial charge in [-0.25, -0.2) is 4.98 Å². The van der Waals surface area contributed by atoms with Crippen molar-refractivity contribution in [3.05, 3.63) is 83.7 Å². The Balaban J connectivity index is 2.03. The van der Waals surface area contributed by atoms with Gasteiger partial charge in [-0.2, -0.15) is 4.57 Å². The number of aryl methyl sites for hydroxylation is 2. The molecule has 0 saturated heterocycles. The Morgan fingerprint density at radius 2 is 1.62 bits per heavy atom. The Hall–Kier alpha value is -2.48. The highest BCUT2D eigenvalue weighted by molar-refractivity contribution is 5.50. The van der Waals surface area contributed by atoms with E-state index in [1.165, 1.54) is 16.7 Å². The van der Waals surface area contributed by atoms with Crippen molar-refractivity contribution >= 4 is 0 Å². The Kier molecular flexibility index (Phi) is 3.78. The minimum absolute atomic E-state index is 0.855. The topological polar surface area (TPSA) is 16.8 Å². The molecule has 0 amide bonds. The molecule has 0 atom stereocenters. The van der Waals surface area contributed by atoms with Crippen LogP contribution in [0.4, 0.5) is 0 Å². The molecule has 0 bridgehead atoms. The lowest BCUT2D eigenvalue weighted by Gasteiger charge is -2.05. The van der Waals surface area contributed by atoms with Crippen LogP contribution < -0.4 is 4.57 Å². The standard InChI is InChI=1S/C19H19N2/c1-15-8-10-18(20-12-15)19-11-9-16(2)13-21(19)14-17-6-4-3-5-7-17/h3-13H,14H2,1-2H3/q+1. The van der Waals surface area contributed by atoms with Gasteiger partial charge in [0.25, 0.3) is 0 Å². The number of aromatic nitrogens is 2. The van der Waals surface area contributed by atoms with Crippen molar-refractivity contribution in [3.63, 3.8) is 0 Å². The van der Waals surface area contributed by atoms with Crippen LogP contribution in [-0.2, 0) is 6.54 Å². The van der Waals surface area contributed by atoms with Crippen molar-refractivity contribution in [2.24, 2.45) is 0 Å². The van der Waals surface area contributed by atoms with Gasteiger partial charge in [-0.1, -0.05) is 36.4 Å². The molecular formula is C19H19N2+. The van der Waals surface area contributed by atoms with Crippen molar-refractivity contribution in [2.45, 2.75) is 20.4 Å². The van der Waals surface area contributed by atoms with E-state index in [4.69, 9.17) is 0 Å². The number of hydrogen-bond acceptors (Lipinski definition) is 1. The second-order valence-corrected chi connectivity index (χ2v) is 5.43. The molecule has 0 spiro atoms. The molecule has 0 fully saturated rings. The normalized spacial score (nSPS) is 10.6. The molecule has 104 valence electrons. The van der Waals surface area contributed by atoms with Crippen LogP contribution in [0.1, 0.15) is 16.7 Å². The van der Waals surface area contributed by atoms with Gasteiger partial charge in [0, 0.05) is 23.4 Å². The molecule has 21 heavy (non-hydrogen) atoms. The van der Waals surface area contributed by atoms with Crippen molar-refractivity contribution in [1.29, 1.82) is 0 Å². The van der Waals surface area contributed by atoms with Crippen molar-refractivity contribution in [1.82, 2.24) is 4.98 Å². The highest BCUT2D eigenvalue weighted by atomic mass is 15.0. The van der Waals surface area contributed by atoms with Crippen LogP contribution in [-0.4, -0.2) is 4.98 Å². The number of benzene rings is 1.